The summed E-state index contributed by atoms with van der Waals surface area (Å²) in [5.41, 5.74) is -0.769. The Hall–Kier alpha value is -0.900. The number of carboxylic acids is 1. The van der Waals surface area contributed by atoms with Gasteiger partial charge in [0.1, 0.15) is 5.60 Å². The van der Waals surface area contributed by atoms with Crippen molar-refractivity contribution in [1.82, 2.24) is 0 Å². The van der Waals surface area contributed by atoms with E-state index in [0.717, 1.165) is 6.29 Å². The normalized spacial score (nSPS) is 35.7. The van der Waals surface area contributed by atoms with E-state index in [1.54, 1.807) is 13.8 Å². The third-order valence-corrected chi connectivity index (χ3v) is 2.54. The van der Waals surface area contributed by atoms with Crippen molar-refractivity contribution in [3.63, 3.8) is 0 Å². The second-order valence-corrected chi connectivity index (χ2v) is 3.75. The van der Waals surface area contributed by atoms with Crippen LogP contribution in [0.15, 0.2) is 0 Å². The number of aldehydes is 1. The zero-order chi connectivity index (χ0) is 10.1. The molecule has 0 aromatic carbocycles. The summed E-state index contributed by atoms with van der Waals surface area (Å²) >= 11 is 0. The summed E-state index contributed by atoms with van der Waals surface area (Å²) in [6, 6.07) is 0. The largest absolute Gasteiger partial charge is 0.481 e. The van der Waals surface area contributed by atoms with Crippen LogP contribution < -0.4 is 0 Å². The summed E-state index contributed by atoms with van der Waals surface area (Å²) in [4.78, 5) is 21.2. The molecule has 4 heteroatoms. The Bertz CT molecular complexity index is 226. The lowest BCUT2D eigenvalue weighted by Crippen LogP contribution is -2.31. The van der Waals surface area contributed by atoms with Crippen molar-refractivity contribution in [3.05, 3.63) is 0 Å². The quantitative estimate of drug-likeness (QED) is 0.663. The van der Waals surface area contributed by atoms with Gasteiger partial charge >= 0.3 is 5.97 Å². The minimum Gasteiger partial charge on any atom is -0.481 e. The number of hydrogen-bond acceptors (Lipinski definition) is 3. The van der Waals surface area contributed by atoms with Crippen LogP contribution in [0.1, 0.15) is 26.7 Å². The van der Waals surface area contributed by atoms with Gasteiger partial charge in [-0.15, -0.1) is 0 Å². The maximum absolute atomic E-state index is 10.6. The van der Waals surface area contributed by atoms with Crippen LogP contribution in [0.5, 0.6) is 0 Å². The Morgan fingerprint density at radius 2 is 2.38 bits per heavy atom. The molecule has 13 heavy (non-hydrogen) atoms. The van der Waals surface area contributed by atoms with Gasteiger partial charge in [-0.2, -0.15) is 0 Å². The second kappa shape index (κ2) is 3.46. The minimum absolute atomic E-state index is 0.326. The standard InChI is InChI=1S/C9H14O4/c1-6(8(11)12)7-3-4-9(2,5-10)13-7/h5-7H,3-4H2,1-2H3,(H,11,12)/t6-,7+,9-/m0/s1. The van der Waals surface area contributed by atoms with Gasteiger partial charge in [-0.3, -0.25) is 4.79 Å². The van der Waals surface area contributed by atoms with Gasteiger partial charge in [0.2, 0.25) is 0 Å². The van der Waals surface area contributed by atoms with E-state index in [4.69, 9.17) is 9.84 Å². The predicted octanol–water partition coefficient (Wildman–Crippen LogP) is 0.844. The van der Waals surface area contributed by atoms with E-state index in [9.17, 15) is 9.59 Å². The lowest BCUT2D eigenvalue weighted by Gasteiger charge is -2.19. The molecule has 1 N–H and O–H groups in total. The van der Waals surface area contributed by atoms with Gasteiger partial charge in [0.05, 0.1) is 12.0 Å². The molecule has 74 valence electrons. The highest BCUT2D eigenvalue weighted by Crippen LogP contribution is 2.32. The Labute approximate surface area is 76.9 Å². The van der Waals surface area contributed by atoms with Crippen LogP contribution in [0.4, 0.5) is 0 Å². The highest BCUT2D eigenvalue weighted by Gasteiger charge is 2.40. The number of rotatable bonds is 3. The SMILES string of the molecule is C[C@H](C(=O)O)[C@H]1CC[C@@](C)(C=O)O1. The van der Waals surface area contributed by atoms with Crippen molar-refractivity contribution in [3.8, 4) is 0 Å². The van der Waals surface area contributed by atoms with Gasteiger partial charge in [-0.25, -0.2) is 0 Å². The molecule has 3 atom stereocenters. The predicted molar refractivity (Wildman–Crippen MR) is 45.4 cm³/mol. The molecule has 1 saturated heterocycles. The molecule has 1 heterocycles. The average Bonchev–Trinajstić information content (AvgIpc) is 2.47. The minimum atomic E-state index is -0.875. The van der Waals surface area contributed by atoms with E-state index in [1.807, 2.05) is 0 Å². The van der Waals surface area contributed by atoms with Crippen LogP contribution in [0.3, 0.4) is 0 Å². The zero-order valence-corrected chi connectivity index (χ0v) is 7.82. The first-order valence-electron chi connectivity index (χ1n) is 4.35. The lowest BCUT2D eigenvalue weighted by atomic mass is 10.00. The molecule has 0 saturated carbocycles. The Morgan fingerprint density at radius 1 is 1.77 bits per heavy atom. The summed E-state index contributed by atoms with van der Waals surface area (Å²) < 4.78 is 5.37. The zero-order valence-electron chi connectivity index (χ0n) is 7.82. The van der Waals surface area contributed by atoms with E-state index in [-0.39, 0.29) is 6.10 Å². The van der Waals surface area contributed by atoms with Crippen molar-refractivity contribution in [1.29, 1.82) is 0 Å². The number of carbonyl (C=O) groups is 2. The average molecular weight is 186 g/mol. The molecule has 0 aromatic rings. The first-order chi connectivity index (χ1) is 5.98. The molecule has 4 nitrogen and oxygen atoms in total. The smallest absolute Gasteiger partial charge is 0.308 e. The fourth-order valence-corrected chi connectivity index (χ4v) is 1.49. The van der Waals surface area contributed by atoms with Gasteiger partial charge in [0.25, 0.3) is 0 Å². The summed E-state index contributed by atoms with van der Waals surface area (Å²) in [6.07, 6.45) is 1.68. The van der Waals surface area contributed by atoms with Gasteiger partial charge in [0.15, 0.2) is 6.29 Å². The summed E-state index contributed by atoms with van der Waals surface area (Å²) in [5.74, 6) is -1.41. The lowest BCUT2D eigenvalue weighted by molar-refractivity contribution is -0.150. The molecule has 1 fully saturated rings. The Morgan fingerprint density at radius 3 is 2.77 bits per heavy atom. The van der Waals surface area contributed by atoms with Crippen LogP contribution in [0.2, 0.25) is 0 Å². The number of carboxylic acid groups (broad SMARTS) is 1. The Balaban J connectivity index is 2.59. The fraction of sp³-hybridized carbons (Fsp3) is 0.778. The summed E-state index contributed by atoms with van der Waals surface area (Å²) in [5, 5.41) is 8.72. The molecule has 0 aliphatic carbocycles. The van der Waals surface area contributed by atoms with Crippen LogP contribution in [0, 0.1) is 5.92 Å². The first kappa shape index (κ1) is 10.2. The molecule has 0 amide bonds. The molecule has 1 aliphatic rings. The molecule has 0 radical (unpaired) electrons. The monoisotopic (exact) mass is 186 g/mol. The maximum atomic E-state index is 10.6. The van der Waals surface area contributed by atoms with E-state index >= 15 is 0 Å². The van der Waals surface area contributed by atoms with Crippen molar-refractivity contribution >= 4 is 12.3 Å². The number of hydrogen-bond donors (Lipinski definition) is 1. The summed E-state index contributed by atoms with van der Waals surface area (Å²) in [7, 11) is 0. The van der Waals surface area contributed by atoms with E-state index in [0.29, 0.717) is 12.8 Å². The molecule has 0 spiro atoms. The van der Waals surface area contributed by atoms with Crippen molar-refractivity contribution in [2.75, 3.05) is 0 Å². The highest BCUT2D eigenvalue weighted by molar-refractivity contribution is 5.70. The molecule has 1 aliphatic heterocycles. The van der Waals surface area contributed by atoms with E-state index < -0.39 is 17.5 Å². The fourth-order valence-electron chi connectivity index (χ4n) is 1.49. The molecule has 0 aromatic heterocycles. The van der Waals surface area contributed by atoms with Crippen LogP contribution >= 0.6 is 0 Å². The Kier molecular flexibility index (Phi) is 2.71. The maximum Gasteiger partial charge on any atom is 0.308 e. The van der Waals surface area contributed by atoms with Crippen molar-refractivity contribution in [2.24, 2.45) is 5.92 Å². The molecular weight excluding hydrogens is 172 g/mol. The van der Waals surface area contributed by atoms with Gasteiger partial charge < -0.3 is 14.6 Å². The number of aliphatic carboxylic acids is 1. The third kappa shape index (κ3) is 2.06. The molecule has 0 bridgehead atoms. The summed E-state index contributed by atoms with van der Waals surface area (Å²) in [6.45, 7) is 3.29. The third-order valence-electron chi connectivity index (χ3n) is 2.54. The molecule has 0 unspecified atom stereocenters. The van der Waals surface area contributed by atoms with Gasteiger partial charge in [-0.1, -0.05) is 0 Å². The highest BCUT2D eigenvalue weighted by atomic mass is 16.5. The van der Waals surface area contributed by atoms with Crippen LogP contribution in [-0.4, -0.2) is 29.1 Å². The molecule has 1 rings (SSSR count). The first-order valence-corrected chi connectivity index (χ1v) is 4.35. The topological polar surface area (TPSA) is 63.6 Å². The van der Waals surface area contributed by atoms with Crippen LogP contribution in [-0.2, 0) is 14.3 Å². The van der Waals surface area contributed by atoms with Crippen molar-refractivity contribution in [2.45, 2.75) is 38.4 Å². The van der Waals surface area contributed by atoms with Crippen LogP contribution in [0.25, 0.3) is 0 Å². The number of ether oxygens (including phenoxy) is 1. The second-order valence-electron chi connectivity index (χ2n) is 3.75. The van der Waals surface area contributed by atoms with Gasteiger partial charge in [-0.05, 0) is 26.7 Å². The van der Waals surface area contributed by atoms with E-state index in [1.165, 1.54) is 0 Å². The van der Waals surface area contributed by atoms with E-state index in [2.05, 4.69) is 0 Å². The van der Waals surface area contributed by atoms with Gasteiger partial charge in [0, 0.05) is 0 Å². The number of carbonyl (C=O) groups excluding carboxylic acids is 1. The van der Waals surface area contributed by atoms with Crippen molar-refractivity contribution < 1.29 is 19.4 Å². The molecular formula is C9H14O4.